The van der Waals surface area contributed by atoms with Crippen LogP contribution in [0, 0.1) is 0 Å². The molecule has 0 spiro atoms. The van der Waals surface area contributed by atoms with Crippen LogP contribution in [0.15, 0.2) is 45.5 Å². The molecule has 1 aliphatic heterocycles. The van der Waals surface area contributed by atoms with Crippen molar-refractivity contribution < 1.29 is 9.21 Å². The van der Waals surface area contributed by atoms with Crippen molar-refractivity contribution in [3.63, 3.8) is 0 Å². The molecule has 0 fully saturated rings. The van der Waals surface area contributed by atoms with Crippen LogP contribution in [0.2, 0.25) is 0 Å². The third-order valence-corrected chi connectivity index (χ3v) is 4.19. The van der Waals surface area contributed by atoms with E-state index in [1.54, 1.807) is 6.26 Å². The van der Waals surface area contributed by atoms with Gasteiger partial charge in [0.1, 0.15) is 11.8 Å². The van der Waals surface area contributed by atoms with E-state index in [2.05, 4.69) is 33.5 Å². The van der Waals surface area contributed by atoms with Gasteiger partial charge in [0.05, 0.1) is 6.26 Å². The lowest BCUT2D eigenvalue weighted by molar-refractivity contribution is -0.117. The summed E-state index contributed by atoms with van der Waals surface area (Å²) in [5, 5.41) is 6.31. The quantitative estimate of drug-likeness (QED) is 0.867. The Bertz CT molecular complexity index is 640. The van der Waals surface area contributed by atoms with E-state index in [-0.39, 0.29) is 18.0 Å². The molecule has 1 aromatic carbocycles. The van der Waals surface area contributed by atoms with E-state index in [4.69, 9.17) is 4.42 Å². The molecule has 21 heavy (non-hydrogen) atoms. The number of nitrogens with one attached hydrogen (secondary N) is 2. The van der Waals surface area contributed by atoms with Gasteiger partial charge in [-0.2, -0.15) is 0 Å². The van der Waals surface area contributed by atoms with Gasteiger partial charge in [-0.1, -0.05) is 15.9 Å². The average molecular weight is 349 g/mol. The highest BCUT2D eigenvalue weighted by molar-refractivity contribution is 9.10. The summed E-state index contributed by atoms with van der Waals surface area (Å²) in [6, 6.07) is 9.64. The van der Waals surface area contributed by atoms with Crippen molar-refractivity contribution in [2.45, 2.75) is 31.8 Å². The summed E-state index contributed by atoms with van der Waals surface area (Å²) >= 11 is 3.46. The van der Waals surface area contributed by atoms with Gasteiger partial charge in [0.2, 0.25) is 5.91 Å². The Morgan fingerprint density at radius 1 is 1.43 bits per heavy atom. The van der Waals surface area contributed by atoms with Crippen molar-refractivity contribution in [3.8, 4) is 0 Å². The van der Waals surface area contributed by atoms with Crippen LogP contribution in [-0.2, 0) is 11.2 Å². The summed E-state index contributed by atoms with van der Waals surface area (Å²) < 4.78 is 6.31. The normalized spacial score (nSPS) is 18.4. The van der Waals surface area contributed by atoms with Crippen LogP contribution in [0.5, 0.6) is 0 Å². The molecule has 3 rings (SSSR count). The Morgan fingerprint density at radius 3 is 3.05 bits per heavy atom. The van der Waals surface area contributed by atoms with E-state index in [0.29, 0.717) is 0 Å². The summed E-state index contributed by atoms with van der Waals surface area (Å²) in [5.74, 6) is 0.982. The predicted octanol–water partition coefficient (Wildman–Crippen LogP) is 3.65. The highest BCUT2D eigenvalue weighted by Crippen LogP contribution is 2.33. The van der Waals surface area contributed by atoms with E-state index in [1.165, 1.54) is 0 Å². The summed E-state index contributed by atoms with van der Waals surface area (Å²) in [6.07, 6.45) is 3.47. The fraction of sp³-hybridized carbons (Fsp3) is 0.312. The number of hydrogen-bond donors (Lipinski definition) is 2. The lowest BCUT2D eigenvalue weighted by atomic mass is 10.1. The molecular formula is C16H17BrN2O2. The number of carbonyl (C=O) groups is 1. The second kappa shape index (κ2) is 6.03. The minimum Gasteiger partial charge on any atom is -0.469 e. The van der Waals surface area contributed by atoms with Crippen LogP contribution in [0.25, 0.3) is 0 Å². The Kier molecular flexibility index (Phi) is 4.12. The Labute approximate surface area is 132 Å². The van der Waals surface area contributed by atoms with Crippen LogP contribution >= 0.6 is 15.9 Å². The molecule has 2 N–H and O–H groups in total. The molecule has 4 nitrogen and oxygen atoms in total. The van der Waals surface area contributed by atoms with Crippen LogP contribution in [0.4, 0.5) is 5.69 Å². The van der Waals surface area contributed by atoms with Crippen molar-refractivity contribution >= 4 is 27.5 Å². The maximum absolute atomic E-state index is 12.1. The standard InChI is InChI=1S/C16H17BrN2O2/c1-10(4-6-12-3-2-8-21-12)18-15-13-9-11(17)5-7-14(13)19-16(15)20/h2-3,5,7-10,15,18H,4,6H2,1H3,(H,19,20). The Hall–Kier alpha value is -1.59. The molecule has 5 heteroatoms. The zero-order valence-electron chi connectivity index (χ0n) is 11.7. The van der Waals surface area contributed by atoms with E-state index >= 15 is 0 Å². The molecule has 2 aromatic rings. The molecule has 1 aliphatic rings. The number of hydrogen-bond acceptors (Lipinski definition) is 3. The molecule has 2 heterocycles. The Balaban J connectivity index is 1.65. The van der Waals surface area contributed by atoms with Crippen molar-refractivity contribution in [1.29, 1.82) is 0 Å². The van der Waals surface area contributed by atoms with Gasteiger partial charge in [-0.25, -0.2) is 0 Å². The lowest BCUT2D eigenvalue weighted by Crippen LogP contribution is -2.34. The molecule has 0 saturated heterocycles. The minimum absolute atomic E-state index is 0.00736. The van der Waals surface area contributed by atoms with E-state index in [1.807, 2.05) is 30.3 Å². The van der Waals surface area contributed by atoms with Crippen molar-refractivity contribution in [2.75, 3.05) is 5.32 Å². The zero-order chi connectivity index (χ0) is 14.8. The second-order valence-corrected chi connectivity index (χ2v) is 6.26. The summed E-state index contributed by atoms with van der Waals surface area (Å²) in [4.78, 5) is 12.1. The third kappa shape index (κ3) is 3.19. The second-order valence-electron chi connectivity index (χ2n) is 5.34. The van der Waals surface area contributed by atoms with Crippen LogP contribution in [0.3, 0.4) is 0 Å². The van der Waals surface area contributed by atoms with Crippen molar-refractivity contribution in [3.05, 3.63) is 52.4 Å². The largest absolute Gasteiger partial charge is 0.469 e. The minimum atomic E-state index is -0.288. The first-order valence-electron chi connectivity index (χ1n) is 7.02. The van der Waals surface area contributed by atoms with Gasteiger partial charge in [0.15, 0.2) is 0 Å². The van der Waals surface area contributed by atoms with Crippen molar-refractivity contribution in [2.24, 2.45) is 0 Å². The molecule has 1 aromatic heterocycles. The molecule has 0 bridgehead atoms. The average Bonchev–Trinajstić information content (AvgIpc) is 3.06. The molecule has 0 saturated carbocycles. The summed E-state index contributed by atoms with van der Waals surface area (Å²) in [5.41, 5.74) is 1.89. The van der Waals surface area contributed by atoms with E-state index in [0.717, 1.165) is 34.3 Å². The van der Waals surface area contributed by atoms with Crippen LogP contribution in [0.1, 0.15) is 30.7 Å². The monoisotopic (exact) mass is 348 g/mol. The van der Waals surface area contributed by atoms with E-state index < -0.39 is 0 Å². The highest BCUT2D eigenvalue weighted by atomic mass is 79.9. The molecule has 0 radical (unpaired) electrons. The fourth-order valence-electron chi connectivity index (χ4n) is 2.58. The number of anilines is 1. The summed E-state index contributed by atoms with van der Waals surface area (Å²) in [6.45, 7) is 2.09. The number of carbonyl (C=O) groups excluding carboxylic acids is 1. The number of halogens is 1. The fourth-order valence-corrected chi connectivity index (χ4v) is 2.96. The number of fused-ring (bicyclic) bond motifs is 1. The predicted molar refractivity (Wildman–Crippen MR) is 85.1 cm³/mol. The maximum atomic E-state index is 12.1. The molecule has 0 aliphatic carbocycles. The number of aryl methyl sites for hydroxylation is 1. The third-order valence-electron chi connectivity index (χ3n) is 3.70. The topological polar surface area (TPSA) is 54.3 Å². The number of rotatable bonds is 5. The van der Waals surface area contributed by atoms with Gasteiger partial charge >= 0.3 is 0 Å². The van der Waals surface area contributed by atoms with Gasteiger partial charge < -0.3 is 9.73 Å². The number of benzene rings is 1. The SMILES string of the molecule is CC(CCc1ccco1)NC1C(=O)Nc2ccc(Br)cc21. The van der Waals surface area contributed by atoms with Gasteiger partial charge in [0, 0.05) is 28.2 Å². The summed E-state index contributed by atoms with van der Waals surface area (Å²) in [7, 11) is 0. The molecule has 2 atom stereocenters. The van der Waals surface area contributed by atoms with Crippen LogP contribution < -0.4 is 10.6 Å². The lowest BCUT2D eigenvalue weighted by Gasteiger charge is -2.18. The van der Waals surface area contributed by atoms with Gasteiger partial charge in [-0.15, -0.1) is 0 Å². The molecular weight excluding hydrogens is 332 g/mol. The van der Waals surface area contributed by atoms with Crippen LogP contribution in [-0.4, -0.2) is 11.9 Å². The number of amides is 1. The van der Waals surface area contributed by atoms with E-state index in [9.17, 15) is 4.79 Å². The first-order valence-corrected chi connectivity index (χ1v) is 7.81. The maximum Gasteiger partial charge on any atom is 0.246 e. The van der Waals surface area contributed by atoms with Gasteiger partial charge in [-0.3, -0.25) is 10.1 Å². The molecule has 2 unspecified atom stereocenters. The van der Waals surface area contributed by atoms with Crippen molar-refractivity contribution in [1.82, 2.24) is 5.32 Å². The first-order chi connectivity index (χ1) is 10.1. The first kappa shape index (κ1) is 14.4. The molecule has 1 amide bonds. The highest BCUT2D eigenvalue weighted by Gasteiger charge is 2.31. The smallest absolute Gasteiger partial charge is 0.246 e. The zero-order valence-corrected chi connectivity index (χ0v) is 13.3. The number of furan rings is 1. The van der Waals surface area contributed by atoms with Gasteiger partial charge in [0.25, 0.3) is 0 Å². The van der Waals surface area contributed by atoms with Gasteiger partial charge in [-0.05, 0) is 43.7 Å². The Morgan fingerprint density at radius 2 is 2.29 bits per heavy atom. The molecule has 110 valence electrons.